The average Bonchev–Trinajstić information content (AvgIpc) is 0.722. The van der Waals surface area contributed by atoms with Gasteiger partial charge >= 0.3 is 37.4 Å². The Morgan fingerprint density at radius 3 is 1.12 bits per heavy atom. The Balaban J connectivity index is -0.0000000267. The van der Waals surface area contributed by atoms with E-state index in [1.165, 1.54) is 0 Å². The predicted molar refractivity (Wildman–Crippen MR) is 21.4 cm³/mol. The third-order valence-electron chi connectivity index (χ3n) is 0. The fourth-order valence-electron chi connectivity index (χ4n) is 0. The van der Waals surface area contributed by atoms with Crippen LogP contribution in [0.2, 0.25) is 0 Å². The summed E-state index contributed by atoms with van der Waals surface area (Å²) in [7, 11) is -4.64. The van der Waals surface area contributed by atoms with E-state index in [0.29, 0.717) is 0 Å². The van der Waals surface area contributed by atoms with Crippen molar-refractivity contribution in [1.29, 1.82) is 0 Å². The first-order chi connectivity index (χ1) is 2.00. The summed E-state index contributed by atoms with van der Waals surface area (Å²) in [6.45, 7) is 0. The second kappa shape index (κ2) is 9.15. The van der Waals surface area contributed by atoms with Gasteiger partial charge in [0.25, 0.3) is 0 Å². The molecule has 8 heteroatoms. The molecule has 0 saturated carbocycles. The average molecular weight is 233 g/mol. The maximum atomic E-state index is 8.88. The van der Waals surface area contributed by atoms with Crippen molar-refractivity contribution in [1.82, 2.24) is 0 Å². The van der Waals surface area contributed by atoms with Crippen molar-refractivity contribution < 1.29 is 53.4 Å². The van der Waals surface area contributed by atoms with E-state index >= 15 is 0 Å². The quantitative estimate of drug-likeness (QED) is 0.348. The second-order valence-electron chi connectivity index (χ2n) is 0.513. The summed E-state index contributed by atoms with van der Waals surface area (Å²) in [6, 6.07) is 0. The van der Waals surface area contributed by atoms with Crippen LogP contribution in [-0.2, 0) is 38.7 Å². The molecule has 0 aliphatic rings. The van der Waals surface area contributed by atoms with Crippen LogP contribution < -0.4 is 0 Å². The van der Waals surface area contributed by atoms with Gasteiger partial charge in [-0.25, -0.2) is 4.57 Å². The fourth-order valence-corrected chi connectivity index (χ4v) is 0. The maximum absolute atomic E-state index is 8.88. The first-order valence-electron chi connectivity index (χ1n) is 0.783. The van der Waals surface area contributed by atoms with E-state index in [1.807, 2.05) is 0 Å². The van der Waals surface area contributed by atoms with Crippen molar-refractivity contribution in [3.63, 3.8) is 0 Å². The van der Waals surface area contributed by atoms with Crippen LogP contribution in [0.1, 0.15) is 0 Å². The van der Waals surface area contributed by atoms with Gasteiger partial charge in [-0.3, -0.25) is 0 Å². The molecule has 0 aromatic heterocycles. The zero-order valence-electron chi connectivity index (χ0n) is 2.93. The van der Waals surface area contributed by atoms with Crippen molar-refractivity contribution in [2.24, 2.45) is 0 Å². The van der Waals surface area contributed by atoms with Crippen LogP contribution in [0.15, 0.2) is 0 Å². The molecule has 0 heterocycles. The molecular weight excluding hydrogens is 229 g/mol. The van der Waals surface area contributed by atoms with Crippen LogP contribution in [0.4, 0.5) is 0 Å². The topological polar surface area (TPSA) is 77.8 Å². The first-order valence-corrected chi connectivity index (χ1v) is 2.35. The standard InChI is InChI=1S/Fe.Mn.Na.H3O4P.H/c;;;1-5(2,3)4;/h;;;(H3,1,2,3,4);. The minimum atomic E-state index is -4.64. The van der Waals surface area contributed by atoms with Gasteiger partial charge in [-0.05, 0) is 0 Å². The Bertz CT molecular complexity index is 62.2. The fraction of sp³-hybridized carbons (Fsp3) is 0. The molecule has 0 aliphatic heterocycles. The van der Waals surface area contributed by atoms with Gasteiger partial charge in [0.2, 0.25) is 0 Å². The van der Waals surface area contributed by atoms with E-state index < -0.39 is 7.82 Å². The summed E-state index contributed by atoms with van der Waals surface area (Å²) < 4.78 is 8.88. The normalized spacial score (nSPS) is 7.38. The van der Waals surface area contributed by atoms with Gasteiger partial charge in [-0.1, -0.05) is 0 Å². The molecule has 49 valence electrons. The Kier molecular flexibility index (Phi) is 25.7. The van der Waals surface area contributed by atoms with E-state index in [4.69, 9.17) is 19.2 Å². The molecule has 0 unspecified atom stereocenters. The molecule has 0 fully saturated rings. The molecule has 0 bridgehead atoms. The molecule has 0 amide bonds. The van der Waals surface area contributed by atoms with Gasteiger partial charge in [-0.2, -0.15) is 0 Å². The van der Waals surface area contributed by atoms with Crippen molar-refractivity contribution in [3.8, 4) is 0 Å². The Morgan fingerprint density at radius 2 is 1.12 bits per heavy atom. The molecule has 0 aromatic rings. The summed E-state index contributed by atoms with van der Waals surface area (Å²) in [5, 5.41) is 0. The third-order valence-corrected chi connectivity index (χ3v) is 0. The molecule has 0 aliphatic carbocycles. The van der Waals surface area contributed by atoms with Crippen LogP contribution in [0.3, 0.4) is 0 Å². The van der Waals surface area contributed by atoms with Crippen LogP contribution >= 0.6 is 7.82 Å². The van der Waals surface area contributed by atoms with E-state index in [-0.39, 0.29) is 63.7 Å². The molecule has 0 spiro atoms. The van der Waals surface area contributed by atoms with E-state index in [1.54, 1.807) is 0 Å². The van der Waals surface area contributed by atoms with Gasteiger partial charge in [-0.15, -0.1) is 0 Å². The summed E-state index contributed by atoms with van der Waals surface area (Å²) in [5.74, 6) is 0. The predicted octanol–water partition coefficient (Wildman–Crippen LogP) is -1.58. The Labute approximate surface area is 89.9 Å². The summed E-state index contributed by atoms with van der Waals surface area (Å²) >= 11 is 0. The van der Waals surface area contributed by atoms with E-state index in [0.717, 1.165) is 0 Å². The third kappa shape index (κ3) is 90.2. The minimum absolute atomic E-state index is 0. The van der Waals surface area contributed by atoms with Crippen molar-refractivity contribution in [2.45, 2.75) is 0 Å². The summed E-state index contributed by atoms with van der Waals surface area (Å²) in [5.41, 5.74) is 0. The Hall–Kier alpha value is 2.15. The number of hydrogen-bond donors (Lipinski definition) is 3. The van der Waals surface area contributed by atoms with Crippen molar-refractivity contribution >= 4 is 37.4 Å². The van der Waals surface area contributed by atoms with Gasteiger partial charge < -0.3 is 14.7 Å². The van der Waals surface area contributed by atoms with Crippen LogP contribution in [0.25, 0.3) is 0 Å². The van der Waals surface area contributed by atoms with Crippen molar-refractivity contribution in [3.05, 3.63) is 0 Å². The van der Waals surface area contributed by atoms with Gasteiger partial charge in [0.15, 0.2) is 0 Å². The SMILES string of the molecule is O=P(O)(O)O.[Fe].[Mn].[NaH]. The molecule has 0 saturated heterocycles. The Morgan fingerprint density at radius 1 is 1.12 bits per heavy atom. The number of rotatable bonds is 0. The molecule has 4 nitrogen and oxygen atoms in total. The van der Waals surface area contributed by atoms with Gasteiger partial charge in [0, 0.05) is 34.1 Å². The number of hydrogen-bond acceptors (Lipinski definition) is 1. The second-order valence-corrected chi connectivity index (χ2v) is 1.54. The van der Waals surface area contributed by atoms with Gasteiger partial charge in [0.05, 0.1) is 0 Å². The van der Waals surface area contributed by atoms with Crippen molar-refractivity contribution in [2.75, 3.05) is 0 Å². The molecule has 8 heavy (non-hydrogen) atoms. The molecule has 0 aromatic carbocycles. The zero-order chi connectivity index (χ0) is 4.50. The summed E-state index contributed by atoms with van der Waals surface area (Å²) in [4.78, 5) is 21.6. The molecule has 0 atom stereocenters. The van der Waals surface area contributed by atoms with Crippen LogP contribution in [0, 0.1) is 0 Å². The molecular formula is H4FeMnNaO4P. The zero-order valence-corrected chi connectivity index (χ0v) is 6.11. The number of phosphoric acid groups is 1. The van der Waals surface area contributed by atoms with Crippen LogP contribution in [-0.4, -0.2) is 44.2 Å². The monoisotopic (exact) mass is 233 g/mol. The van der Waals surface area contributed by atoms with Crippen LogP contribution in [0.5, 0.6) is 0 Å². The first kappa shape index (κ1) is 22.5. The summed E-state index contributed by atoms with van der Waals surface area (Å²) in [6.07, 6.45) is 0. The molecule has 3 N–H and O–H groups in total. The molecule has 1 radical (unpaired) electrons. The van der Waals surface area contributed by atoms with Gasteiger partial charge in [0.1, 0.15) is 0 Å². The molecule has 0 rings (SSSR count). The van der Waals surface area contributed by atoms with E-state index in [9.17, 15) is 0 Å². The van der Waals surface area contributed by atoms with E-state index in [2.05, 4.69) is 0 Å².